The third-order valence-electron chi connectivity index (χ3n) is 4.79. The van der Waals surface area contributed by atoms with Crippen LogP contribution in [0.25, 0.3) is 11.1 Å². The monoisotopic (exact) mass is 455 g/mol. The topological polar surface area (TPSA) is 105 Å². The minimum absolute atomic E-state index is 0.409. The molecule has 0 spiro atoms. The van der Waals surface area contributed by atoms with E-state index in [1.807, 2.05) is 30.3 Å². The van der Waals surface area contributed by atoms with E-state index in [0.717, 1.165) is 16.7 Å². The van der Waals surface area contributed by atoms with E-state index in [0.29, 0.717) is 18.0 Å². The van der Waals surface area contributed by atoms with Crippen LogP contribution in [0.2, 0.25) is 0 Å². The largest absolute Gasteiger partial charge is 0.489 e. The van der Waals surface area contributed by atoms with Crippen molar-refractivity contribution in [3.8, 4) is 16.9 Å². The summed E-state index contributed by atoms with van der Waals surface area (Å²) in [4.78, 5) is 30.1. The molecule has 0 aliphatic carbocycles. The Morgan fingerprint density at radius 2 is 1.50 bits per heavy atom. The Labute approximate surface area is 187 Å². The van der Waals surface area contributed by atoms with Gasteiger partial charge in [-0.2, -0.15) is 0 Å². The van der Waals surface area contributed by atoms with E-state index >= 15 is 0 Å². The van der Waals surface area contributed by atoms with Crippen LogP contribution in [-0.2, 0) is 20.5 Å². The molecular formula is C24H26NO6P. The Hall–Kier alpha value is -2.96. The summed E-state index contributed by atoms with van der Waals surface area (Å²) in [7, 11) is -4.64. The second-order valence-corrected chi connectivity index (χ2v) is 9.22. The van der Waals surface area contributed by atoms with Crippen molar-refractivity contribution in [1.29, 1.82) is 0 Å². The first kappa shape index (κ1) is 23.7. The number of carbonyl (C=O) groups is 1. The number of amides is 1. The van der Waals surface area contributed by atoms with Gasteiger partial charge in [-0.15, -0.1) is 0 Å². The Balaban J connectivity index is 1.52. The molecule has 3 rings (SSSR count). The minimum Gasteiger partial charge on any atom is -0.489 e. The van der Waals surface area contributed by atoms with Gasteiger partial charge in [0.2, 0.25) is 5.91 Å². The number of carbonyl (C=O) groups excluding carboxylic acids is 1. The van der Waals surface area contributed by atoms with E-state index in [1.54, 1.807) is 38.1 Å². The maximum Gasteiger partial charge on any atom is 0.469 e. The van der Waals surface area contributed by atoms with Crippen LogP contribution in [-0.4, -0.2) is 22.3 Å². The molecule has 3 aromatic carbocycles. The van der Waals surface area contributed by atoms with Crippen LogP contribution in [0.5, 0.6) is 5.75 Å². The first-order valence-corrected chi connectivity index (χ1v) is 11.5. The zero-order valence-corrected chi connectivity index (χ0v) is 18.8. The van der Waals surface area contributed by atoms with Crippen LogP contribution in [0.1, 0.15) is 19.4 Å². The molecule has 0 aromatic heterocycles. The zero-order valence-electron chi connectivity index (χ0n) is 17.9. The standard InChI is InChI=1S/C24H26NO6P/c1-24(2,17-31-32(27,28)29)23(26)25-21-12-14-22(15-13-21)30-16-18-8-10-20(11-9-18)19-6-4-3-5-7-19/h3-15H,16-17H2,1-2H3,(H,25,26)(H2,27,28,29). The number of nitrogens with one attached hydrogen (secondary N) is 1. The molecule has 8 heteroatoms. The fraction of sp³-hybridized carbons (Fsp3) is 0.208. The van der Waals surface area contributed by atoms with Crippen molar-refractivity contribution in [3.05, 3.63) is 84.4 Å². The maximum atomic E-state index is 12.4. The molecule has 168 valence electrons. The number of phosphoric ester groups is 1. The number of phosphoric acid groups is 1. The highest BCUT2D eigenvalue weighted by Gasteiger charge is 2.31. The number of ether oxygens (including phenoxy) is 1. The number of rotatable bonds is 9. The van der Waals surface area contributed by atoms with Crippen molar-refractivity contribution in [2.24, 2.45) is 5.41 Å². The Bertz CT molecular complexity index is 1080. The SMILES string of the molecule is CC(C)(COP(=O)(O)O)C(=O)Nc1ccc(OCc2ccc(-c3ccccc3)cc2)cc1. The molecule has 0 heterocycles. The molecule has 3 N–H and O–H groups in total. The fourth-order valence-electron chi connectivity index (χ4n) is 2.84. The van der Waals surface area contributed by atoms with Gasteiger partial charge in [-0.05, 0) is 54.8 Å². The van der Waals surface area contributed by atoms with Crippen molar-refractivity contribution < 1.29 is 28.4 Å². The van der Waals surface area contributed by atoms with Gasteiger partial charge in [-0.3, -0.25) is 9.32 Å². The molecule has 7 nitrogen and oxygen atoms in total. The molecule has 0 bridgehead atoms. The first-order chi connectivity index (χ1) is 15.1. The van der Waals surface area contributed by atoms with Crippen LogP contribution in [0.4, 0.5) is 5.69 Å². The summed E-state index contributed by atoms with van der Waals surface area (Å²) in [6, 6.07) is 25.2. The Morgan fingerprint density at radius 1 is 0.906 bits per heavy atom. The Morgan fingerprint density at radius 3 is 2.09 bits per heavy atom. The van der Waals surface area contributed by atoms with E-state index in [1.165, 1.54) is 0 Å². The second kappa shape index (κ2) is 10.1. The predicted octanol–water partition coefficient (Wildman–Crippen LogP) is 5.01. The van der Waals surface area contributed by atoms with E-state index in [-0.39, 0.29) is 0 Å². The van der Waals surface area contributed by atoms with E-state index in [4.69, 9.17) is 14.5 Å². The van der Waals surface area contributed by atoms with Gasteiger partial charge in [0.1, 0.15) is 12.4 Å². The molecule has 32 heavy (non-hydrogen) atoms. The van der Waals surface area contributed by atoms with Crippen molar-refractivity contribution in [2.75, 3.05) is 11.9 Å². The van der Waals surface area contributed by atoms with Crippen LogP contribution >= 0.6 is 7.82 Å². The van der Waals surface area contributed by atoms with Crippen molar-refractivity contribution in [1.82, 2.24) is 0 Å². The van der Waals surface area contributed by atoms with Crippen molar-refractivity contribution in [2.45, 2.75) is 20.5 Å². The quantitative estimate of drug-likeness (QED) is 0.392. The van der Waals surface area contributed by atoms with Gasteiger partial charge in [0.15, 0.2) is 0 Å². The summed E-state index contributed by atoms with van der Waals surface area (Å²) in [5.41, 5.74) is 2.76. The molecular weight excluding hydrogens is 429 g/mol. The molecule has 0 unspecified atom stereocenters. The molecule has 0 aliphatic heterocycles. The average Bonchev–Trinajstić information content (AvgIpc) is 2.78. The molecule has 3 aromatic rings. The Kier molecular flexibility index (Phi) is 7.48. The van der Waals surface area contributed by atoms with Gasteiger partial charge in [0.05, 0.1) is 12.0 Å². The molecule has 0 saturated heterocycles. The third-order valence-corrected chi connectivity index (χ3v) is 5.25. The lowest BCUT2D eigenvalue weighted by molar-refractivity contribution is -0.125. The summed E-state index contributed by atoms with van der Waals surface area (Å²) >= 11 is 0. The lowest BCUT2D eigenvalue weighted by Crippen LogP contribution is -2.34. The van der Waals surface area contributed by atoms with Gasteiger partial charge >= 0.3 is 7.82 Å². The second-order valence-electron chi connectivity index (χ2n) is 7.98. The lowest BCUT2D eigenvalue weighted by atomic mass is 9.93. The number of hydrogen-bond acceptors (Lipinski definition) is 4. The summed E-state index contributed by atoms with van der Waals surface area (Å²) in [5.74, 6) is 0.234. The number of hydrogen-bond donors (Lipinski definition) is 3. The van der Waals surface area contributed by atoms with Crippen molar-refractivity contribution in [3.63, 3.8) is 0 Å². The first-order valence-electron chi connectivity index (χ1n) is 10.0. The molecule has 1 amide bonds. The summed E-state index contributed by atoms with van der Waals surface area (Å²) < 4.78 is 21.2. The highest BCUT2D eigenvalue weighted by molar-refractivity contribution is 7.46. The number of benzene rings is 3. The van der Waals surface area contributed by atoms with Gasteiger partial charge in [0, 0.05) is 5.69 Å². The van der Waals surface area contributed by atoms with Gasteiger partial charge in [-0.1, -0.05) is 54.6 Å². The van der Waals surface area contributed by atoms with Gasteiger partial charge in [0.25, 0.3) is 0 Å². The van der Waals surface area contributed by atoms with Crippen LogP contribution in [0.15, 0.2) is 78.9 Å². The predicted molar refractivity (Wildman–Crippen MR) is 123 cm³/mol. The van der Waals surface area contributed by atoms with Crippen LogP contribution < -0.4 is 10.1 Å². The highest BCUT2D eigenvalue weighted by Crippen LogP contribution is 2.38. The molecule has 0 atom stereocenters. The highest BCUT2D eigenvalue weighted by atomic mass is 31.2. The van der Waals surface area contributed by atoms with E-state index in [2.05, 4.69) is 34.1 Å². The zero-order chi connectivity index (χ0) is 23.2. The summed E-state index contributed by atoms with van der Waals surface area (Å²) in [5, 5.41) is 2.71. The van der Waals surface area contributed by atoms with E-state index < -0.39 is 25.8 Å². The molecule has 0 fully saturated rings. The van der Waals surface area contributed by atoms with Crippen LogP contribution in [0, 0.1) is 5.41 Å². The smallest absolute Gasteiger partial charge is 0.469 e. The summed E-state index contributed by atoms with van der Waals surface area (Å²) in [6.45, 7) is 3.08. The van der Waals surface area contributed by atoms with E-state index in [9.17, 15) is 9.36 Å². The lowest BCUT2D eigenvalue weighted by Gasteiger charge is -2.23. The number of anilines is 1. The minimum atomic E-state index is -4.64. The third kappa shape index (κ3) is 7.04. The summed E-state index contributed by atoms with van der Waals surface area (Å²) in [6.07, 6.45) is 0. The van der Waals surface area contributed by atoms with Gasteiger partial charge < -0.3 is 19.8 Å². The average molecular weight is 455 g/mol. The molecule has 0 radical (unpaired) electrons. The van der Waals surface area contributed by atoms with Crippen LogP contribution in [0.3, 0.4) is 0 Å². The maximum absolute atomic E-state index is 12.4. The molecule has 0 saturated carbocycles. The van der Waals surface area contributed by atoms with Gasteiger partial charge in [-0.25, -0.2) is 4.57 Å². The fourth-order valence-corrected chi connectivity index (χ4v) is 3.33. The normalized spacial score (nSPS) is 11.8. The molecule has 0 aliphatic rings. The van der Waals surface area contributed by atoms with Crippen molar-refractivity contribution >= 4 is 19.4 Å².